The zero-order valence-electron chi connectivity index (χ0n) is 10.4. The largest absolute Gasteiger partial charge is 0.465 e. The van der Waals surface area contributed by atoms with Crippen molar-refractivity contribution in [3.63, 3.8) is 0 Å². The second kappa shape index (κ2) is 5.43. The molecule has 0 aliphatic carbocycles. The minimum absolute atomic E-state index is 0.130. The number of carbonyl (C=O) groups excluding carboxylic acids is 2. The van der Waals surface area contributed by atoms with Crippen LogP contribution in [0.25, 0.3) is 11.0 Å². The van der Waals surface area contributed by atoms with Gasteiger partial charge in [0, 0.05) is 11.1 Å². The second-order valence-electron chi connectivity index (χ2n) is 3.90. The Morgan fingerprint density at radius 1 is 1.37 bits per heavy atom. The molecule has 0 fully saturated rings. The lowest BCUT2D eigenvalue weighted by molar-refractivity contribution is -0.141. The molecule has 0 atom stereocenters. The van der Waals surface area contributed by atoms with E-state index in [1.54, 1.807) is 31.2 Å². The summed E-state index contributed by atoms with van der Waals surface area (Å²) >= 11 is 0. The van der Waals surface area contributed by atoms with Crippen molar-refractivity contribution < 1.29 is 18.7 Å². The Kier molecular flexibility index (Phi) is 3.70. The smallest absolute Gasteiger partial charge is 0.325 e. The van der Waals surface area contributed by atoms with Gasteiger partial charge in [-0.15, -0.1) is 0 Å². The van der Waals surface area contributed by atoms with E-state index in [1.165, 1.54) is 0 Å². The monoisotopic (exact) mass is 262 g/mol. The van der Waals surface area contributed by atoms with Gasteiger partial charge in [-0.3, -0.25) is 9.59 Å². The molecule has 1 amide bonds. The first kappa shape index (κ1) is 12.9. The van der Waals surface area contributed by atoms with Crippen molar-refractivity contribution in [1.82, 2.24) is 5.32 Å². The third-order valence-corrected chi connectivity index (χ3v) is 2.46. The number of nitrogen functional groups attached to an aromatic ring is 1. The van der Waals surface area contributed by atoms with Crippen LogP contribution in [-0.2, 0) is 9.53 Å². The Hall–Kier alpha value is -2.50. The number of carbonyl (C=O) groups is 2. The Balaban J connectivity index is 2.07. The van der Waals surface area contributed by atoms with Gasteiger partial charge in [-0.1, -0.05) is 0 Å². The van der Waals surface area contributed by atoms with Crippen LogP contribution in [0, 0.1) is 0 Å². The highest BCUT2D eigenvalue weighted by Crippen LogP contribution is 2.21. The Morgan fingerprint density at radius 2 is 2.16 bits per heavy atom. The van der Waals surface area contributed by atoms with E-state index in [0.29, 0.717) is 11.3 Å². The van der Waals surface area contributed by atoms with E-state index in [0.717, 1.165) is 5.39 Å². The standard InChI is InChI=1S/C13H14N2O4/c1-2-18-12(16)7-15-13(17)11-6-8-5-9(14)3-4-10(8)19-11/h3-6H,2,7,14H2,1H3,(H,15,17). The van der Waals surface area contributed by atoms with Crippen LogP contribution in [0.1, 0.15) is 17.5 Å². The minimum atomic E-state index is -0.490. The van der Waals surface area contributed by atoms with E-state index in [-0.39, 0.29) is 18.9 Å². The number of amides is 1. The average Bonchev–Trinajstić information content (AvgIpc) is 2.79. The Morgan fingerprint density at radius 3 is 2.89 bits per heavy atom. The summed E-state index contributed by atoms with van der Waals surface area (Å²) in [6.07, 6.45) is 0. The van der Waals surface area contributed by atoms with Gasteiger partial charge < -0.3 is 20.2 Å². The molecule has 1 aromatic heterocycles. The number of furan rings is 1. The number of hydrogen-bond acceptors (Lipinski definition) is 5. The van der Waals surface area contributed by atoms with E-state index in [4.69, 9.17) is 14.9 Å². The molecule has 100 valence electrons. The Bertz CT molecular complexity index is 618. The van der Waals surface area contributed by atoms with Gasteiger partial charge in [-0.25, -0.2) is 0 Å². The van der Waals surface area contributed by atoms with Gasteiger partial charge in [-0.05, 0) is 31.2 Å². The highest BCUT2D eigenvalue weighted by molar-refractivity contribution is 5.97. The number of nitrogens with two attached hydrogens (primary N) is 1. The van der Waals surface area contributed by atoms with Crippen LogP contribution in [-0.4, -0.2) is 25.0 Å². The van der Waals surface area contributed by atoms with Crippen molar-refractivity contribution in [3.05, 3.63) is 30.0 Å². The molecule has 2 aromatic rings. The predicted octanol–water partition coefficient (Wildman–Crippen LogP) is 1.31. The normalized spacial score (nSPS) is 10.4. The molecule has 3 N–H and O–H groups in total. The van der Waals surface area contributed by atoms with Crippen LogP contribution >= 0.6 is 0 Å². The van der Waals surface area contributed by atoms with Crippen molar-refractivity contribution in [2.45, 2.75) is 6.92 Å². The first-order chi connectivity index (χ1) is 9.10. The first-order valence-corrected chi connectivity index (χ1v) is 5.83. The van der Waals surface area contributed by atoms with Crippen LogP contribution in [0.5, 0.6) is 0 Å². The lowest BCUT2D eigenvalue weighted by Crippen LogP contribution is -2.30. The number of ether oxygens (including phenoxy) is 1. The van der Waals surface area contributed by atoms with Crippen LogP contribution in [0.15, 0.2) is 28.7 Å². The van der Waals surface area contributed by atoms with E-state index >= 15 is 0 Å². The van der Waals surface area contributed by atoms with Gasteiger partial charge >= 0.3 is 5.97 Å². The summed E-state index contributed by atoms with van der Waals surface area (Å²) in [5.41, 5.74) is 6.79. The quantitative estimate of drug-likeness (QED) is 0.640. The number of anilines is 1. The number of esters is 1. The maximum Gasteiger partial charge on any atom is 0.325 e. The average molecular weight is 262 g/mol. The molecule has 6 nitrogen and oxygen atoms in total. The highest BCUT2D eigenvalue weighted by Gasteiger charge is 2.13. The van der Waals surface area contributed by atoms with Gasteiger partial charge in [0.05, 0.1) is 6.61 Å². The second-order valence-corrected chi connectivity index (χ2v) is 3.90. The molecule has 6 heteroatoms. The van der Waals surface area contributed by atoms with Crippen molar-refractivity contribution in [2.75, 3.05) is 18.9 Å². The van der Waals surface area contributed by atoms with Crippen LogP contribution in [0.2, 0.25) is 0 Å². The first-order valence-electron chi connectivity index (χ1n) is 5.83. The molecule has 0 aliphatic heterocycles. The molecule has 2 rings (SSSR count). The molecule has 0 unspecified atom stereocenters. The molecule has 1 heterocycles. The molecule has 1 aromatic carbocycles. The number of rotatable bonds is 4. The van der Waals surface area contributed by atoms with E-state index in [2.05, 4.69) is 5.32 Å². The summed E-state index contributed by atoms with van der Waals surface area (Å²) < 4.78 is 10.1. The summed E-state index contributed by atoms with van der Waals surface area (Å²) in [5.74, 6) is -0.830. The summed E-state index contributed by atoms with van der Waals surface area (Å²) in [6, 6.07) is 6.66. The van der Waals surface area contributed by atoms with E-state index < -0.39 is 11.9 Å². The molecule has 19 heavy (non-hydrogen) atoms. The predicted molar refractivity (Wildman–Crippen MR) is 69.6 cm³/mol. The molecule has 0 bridgehead atoms. The van der Waals surface area contributed by atoms with Gasteiger partial charge in [-0.2, -0.15) is 0 Å². The fourth-order valence-corrected chi connectivity index (χ4v) is 1.63. The zero-order chi connectivity index (χ0) is 13.8. The van der Waals surface area contributed by atoms with Crippen LogP contribution in [0.3, 0.4) is 0 Å². The van der Waals surface area contributed by atoms with Crippen LogP contribution < -0.4 is 11.1 Å². The molecular formula is C13H14N2O4. The fourth-order valence-electron chi connectivity index (χ4n) is 1.63. The highest BCUT2D eigenvalue weighted by atomic mass is 16.5. The van der Waals surface area contributed by atoms with Crippen LogP contribution in [0.4, 0.5) is 5.69 Å². The summed E-state index contributed by atoms with van der Waals surface area (Å²) in [5, 5.41) is 3.16. The molecule has 0 spiro atoms. The van der Waals surface area contributed by atoms with E-state index in [9.17, 15) is 9.59 Å². The van der Waals surface area contributed by atoms with Gasteiger partial charge in [0.1, 0.15) is 12.1 Å². The van der Waals surface area contributed by atoms with Crippen molar-refractivity contribution >= 4 is 28.5 Å². The van der Waals surface area contributed by atoms with Crippen molar-refractivity contribution in [1.29, 1.82) is 0 Å². The third-order valence-electron chi connectivity index (χ3n) is 2.46. The molecular weight excluding hydrogens is 248 g/mol. The van der Waals surface area contributed by atoms with Gasteiger partial charge in [0.25, 0.3) is 5.91 Å². The topological polar surface area (TPSA) is 94.6 Å². The number of fused-ring (bicyclic) bond motifs is 1. The van der Waals surface area contributed by atoms with Gasteiger partial charge in [0.2, 0.25) is 0 Å². The van der Waals surface area contributed by atoms with Crippen molar-refractivity contribution in [3.8, 4) is 0 Å². The molecule has 0 radical (unpaired) electrons. The molecule has 0 aliphatic rings. The number of hydrogen-bond donors (Lipinski definition) is 2. The summed E-state index contributed by atoms with van der Waals surface area (Å²) in [7, 11) is 0. The van der Waals surface area contributed by atoms with E-state index in [1.807, 2.05) is 0 Å². The SMILES string of the molecule is CCOC(=O)CNC(=O)c1cc2cc(N)ccc2o1. The fraction of sp³-hybridized carbons (Fsp3) is 0.231. The lowest BCUT2D eigenvalue weighted by atomic mass is 10.2. The summed E-state index contributed by atoms with van der Waals surface area (Å²) in [6.45, 7) is 1.79. The summed E-state index contributed by atoms with van der Waals surface area (Å²) in [4.78, 5) is 22.9. The Labute approximate surface area is 109 Å². The maximum absolute atomic E-state index is 11.8. The third kappa shape index (κ3) is 3.04. The molecule has 0 saturated carbocycles. The maximum atomic E-state index is 11.8. The lowest BCUT2D eigenvalue weighted by Gasteiger charge is -2.02. The molecule has 0 saturated heterocycles. The van der Waals surface area contributed by atoms with Gasteiger partial charge in [0.15, 0.2) is 5.76 Å². The van der Waals surface area contributed by atoms with Crippen molar-refractivity contribution in [2.24, 2.45) is 0 Å². The number of nitrogens with one attached hydrogen (secondary N) is 1. The number of benzene rings is 1. The zero-order valence-corrected chi connectivity index (χ0v) is 10.4. The minimum Gasteiger partial charge on any atom is -0.465 e.